The number of non-ortho nitro benzene ring substituents is 1. The summed E-state index contributed by atoms with van der Waals surface area (Å²) in [4.78, 5) is 22.3. The van der Waals surface area contributed by atoms with Gasteiger partial charge in [0, 0.05) is 12.1 Å². The second kappa shape index (κ2) is 7.96. The zero-order valence-electron chi connectivity index (χ0n) is 14.4. The van der Waals surface area contributed by atoms with Gasteiger partial charge in [0.2, 0.25) is 10.0 Å². The number of rotatable bonds is 7. The Labute approximate surface area is 163 Å². The molecule has 0 fully saturated rings. The van der Waals surface area contributed by atoms with Crippen molar-refractivity contribution in [1.82, 2.24) is 13.5 Å². The Morgan fingerprint density at radius 3 is 2.79 bits per heavy atom. The van der Waals surface area contributed by atoms with Crippen LogP contribution < -0.4 is 4.72 Å². The number of nitro groups is 1. The van der Waals surface area contributed by atoms with E-state index in [-0.39, 0.29) is 22.7 Å². The molecule has 1 N–H and O–H groups in total. The van der Waals surface area contributed by atoms with Gasteiger partial charge in [0.25, 0.3) is 5.69 Å². The summed E-state index contributed by atoms with van der Waals surface area (Å²) >= 11 is 0.885. The molecule has 0 amide bonds. The summed E-state index contributed by atoms with van der Waals surface area (Å²) < 4.78 is 40.5. The van der Waals surface area contributed by atoms with Gasteiger partial charge >= 0.3 is 5.97 Å². The number of benzene rings is 2. The molecular formula is C16H14N4O6S2. The number of fused-ring (bicyclic) bond motifs is 1. The van der Waals surface area contributed by atoms with Crippen LogP contribution in [0.4, 0.5) is 5.69 Å². The average molecular weight is 422 g/mol. The molecule has 0 spiro atoms. The number of nitrogens with one attached hydrogen (secondary N) is 1. The summed E-state index contributed by atoms with van der Waals surface area (Å²) in [5, 5.41) is 10.8. The molecule has 1 aromatic heterocycles. The third-order valence-electron chi connectivity index (χ3n) is 3.73. The maximum Gasteiger partial charge on any atom is 0.324 e. The molecule has 10 nitrogen and oxygen atoms in total. The number of sulfonamides is 1. The van der Waals surface area contributed by atoms with Crippen LogP contribution in [-0.2, 0) is 26.2 Å². The maximum absolute atomic E-state index is 12.6. The monoisotopic (exact) mass is 422 g/mol. The lowest BCUT2D eigenvalue weighted by Gasteiger charge is -2.14. The van der Waals surface area contributed by atoms with Crippen molar-refractivity contribution in [2.75, 3.05) is 0 Å². The minimum absolute atomic E-state index is 0.0860. The third-order valence-corrected chi connectivity index (χ3v) is 5.84. The van der Waals surface area contributed by atoms with E-state index in [1.165, 1.54) is 37.3 Å². The first-order chi connectivity index (χ1) is 13.3. The Morgan fingerprint density at radius 1 is 1.29 bits per heavy atom. The number of aromatic nitrogens is 2. The topological polar surface area (TPSA) is 141 Å². The Balaban J connectivity index is 1.67. The lowest BCUT2D eigenvalue weighted by atomic mass is 10.2. The highest BCUT2D eigenvalue weighted by molar-refractivity contribution is 7.89. The van der Waals surface area contributed by atoms with Crippen molar-refractivity contribution >= 4 is 44.4 Å². The number of carbonyl (C=O) groups excluding carboxylic acids is 1. The van der Waals surface area contributed by atoms with Crippen LogP contribution >= 0.6 is 11.7 Å². The van der Waals surface area contributed by atoms with Gasteiger partial charge in [0.15, 0.2) is 0 Å². The Kier molecular flexibility index (Phi) is 5.63. The highest BCUT2D eigenvalue weighted by Crippen LogP contribution is 2.21. The summed E-state index contributed by atoms with van der Waals surface area (Å²) in [5.41, 5.74) is 0.939. The molecule has 0 radical (unpaired) electrons. The van der Waals surface area contributed by atoms with Crippen molar-refractivity contribution < 1.29 is 22.9 Å². The smallest absolute Gasteiger partial charge is 0.324 e. The minimum atomic E-state index is -4.04. The van der Waals surface area contributed by atoms with Gasteiger partial charge in [-0.2, -0.15) is 13.5 Å². The molecule has 0 saturated carbocycles. The van der Waals surface area contributed by atoms with E-state index in [1.54, 1.807) is 12.1 Å². The van der Waals surface area contributed by atoms with Crippen LogP contribution in [0.1, 0.15) is 12.5 Å². The van der Waals surface area contributed by atoms with Crippen LogP contribution in [0, 0.1) is 10.1 Å². The van der Waals surface area contributed by atoms with E-state index in [0.29, 0.717) is 11.1 Å². The number of nitrogens with zero attached hydrogens (tertiary/aromatic N) is 3. The molecule has 0 aliphatic rings. The van der Waals surface area contributed by atoms with Crippen LogP contribution in [0.25, 0.3) is 11.0 Å². The lowest BCUT2D eigenvalue weighted by molar-refractivity contribution is -0.384. The molecule has 2 aromatic carbocycles. The van der Waals surface area contributed by atoms with Crippen LogP contribution in [0.5, 0.6) is 0 Å². The van der Waals surface area contributed by atoms with Crippen molar-refractivity contribution in [3.63, 3.8) is 0 Å². The number of nitro benzene ring substituents is 1. The largest absolute Gasteiger partial charge is 0.460 e. The molecular weight excluding hydrogens is 408 g/mol. The molecule has 3 aromatic rings. The Bertz CT molecular complexity index is 1140. The molecule has 0 bridgehead atoms. The first-order valence-corrected chi connectivity index (χ1v) is 10.1. The molecule has 12 heteroatoms. The van der Waals surface area contributed by atoms with E-state index in [4.69, 9.17) is 4.74 Å². The highest BCUT2D eigenvalue weighted by atomic mass is 32.2. The number of esters is 1. The Morgan fingerprint density at radius 2 is 2.04 bits per heavy atom. The van der Waals surface area contributed by atoms with Crippen molar-refractivity contribution in [3.8, 4) is 0 Å². The summed E-state index contributed by atoms with van der Waals surface area (Å²) in [6.07, 6.45) is 0. The van der Waals surface area contributed by atoms with Crippen LogP contribution in [0.15, 0.2) is 47.4 Å². The zero-order chi connectivity index (χ0) is 20.3. The third kappa shape index (κ3) is 4.30. The predicted molar refractivity (Wildman–Crippen MR) is 100 cm³/mol. The lowest BCUT2D eigenvalue weighted by Crippen LogP contribution is -2.39. The normalized spacial score (nSPS) is 12.6. The fourth-order valence-electron chi connectivity index (χ4n) is 2.38. The standard InChI is InChI=1S/C16H14N4O6S2/c1-10(16(21)26-9-11-4-2-5-12(8-11)20(22)23)19-28(24,25)14-7-3-6-13-15(14)18-27-17-13/h2-8,10,19H,9H2,1H3. The molecule has 0 aliphatic carbocycles. The summed E-state index contributed by atoms with van der Waals surface area (Å²) in [5.74, 6) is -0.821. The number of carbonyl (C=O) groups is 1. The second-order valence-corrected chi connectivity index (χ2v) is 7.98. The van der Waals surface area contributed by atoms with E-state index in [9.17, 15) is 23.3 Å². The summed E-state index contributed by atoms with van der Waals surface area (Å²) in [6.45, 7) is 1.12. The first-order valence-electron chi connectivity index (χ1n) is 7.91. The second-order valence-electron chi connectivity index (χ2n) is 5.77. The quantitative estimate of drug-likeness (QED) is 0.346. The minimum Gasteiger partial charge on any atom is -0.460 e. The number of hydrogen-bond acceptors (Lipinski definition) is 9. The van der Waals surface area contributed by atoms with Gasteiger partial charge in [-0.15, -0.1) is 0 Å². The van der Waals surface area contributed by atoms with Gasteiger partial charge in [-0.25, -0.2) is 8.42 Å². The van der Waals surface area contributed by atoms with E-state index in [1.807, 2.05) is 0 Å². The number of hydrogen-bond donors (Lipinski definition) is 1. The average Bonchev–Trinajstić information content (AvgIpc) is 3.14. The van der Waals surface area contributed by atoms with Gasteiger partial charge < -0.3 is 4.74 Å². The van der Waals surface area contributed by atoms with Crippen molar-refractivity contribution in [1.29, 1.82) is 0 Å². The summed E-state index contributed by atoms with van der Waals surface area (Å²) in [6, 6.07) is 8.98. The van der Waals surface area contributed by atoms with Crippen LogP contribution in [0.2, 0.25) is 0 Å². The van der Waals surface area contributed by atoms with Gasteiger partial charge in [-0.05, 0) is 24.6 Å². The predicted octanol–water partition coefficient (Wildman–Crippen LogP) is 2.01. The van der Waals surface area contributed by atoms with Crippen LogP contribution in [-0.4, -0.2) is 34.1 Å². The zero-order valence-corrected chi connectivity index (χ0v) is 16.1. The van der Waals surface area contributed by atoms with Gasteiger partial charge in [-0.1, -0.05) is 18.2 Å². The molecule has 1 unspecified atom stereocenters. The first kappa shape index (κ1) is 19.8. The van der Waals surface area contributed by atoms with Crippen molar-refractivity contribution in [2.24, 2.45) is 0 Å². The maximum atomic E-state index is 12.6. The van der Waals surface area contributed by atoms with Crippen molar-refractivity contribution in [2.45, 2.75) is 24.5 Å². The molecule has 0 saturated heterocycles. The fourth-order valence-corrected chi connectivity index (χ4v) is 4.34. The fraction of sp³-hybridized carbons (Fsp3) is 0.188. The van der Waals surface area contributed by atoms with Crippen LogP contribution in [0.3, 0.4) is 0 Å². The van der Waals surface area contributed by atoms with E-state index >= 15 is 0 Å². The van der Waals surface area contributed by atoms with Crippen molar-refractivity contribution in [3.05, 3.63) is 58.1 Å². The number of ether oxygens (including phenoxy) is 1. The van der Waals surface area contributed by atoms with E-state index in [0.717, 1.165) is 11.7 Å². The van der Waals surface area contributed by atoms with Gasteiger partial charge in [0.05, 0.1) is 16.7 Å². The molecule has 0 aliphatic heterocycles. The van der Waals surface area contributed by atoms with Gasteiger partial charge in [0.1, 0.15) is 28.6 Å². The highest BCUT2D eigenvalue weighted by Gasteiger charge is 2.26. The molecule has 1 atom stereocenters. The van der Waals surface area contributed by atoms with Gasteiger partial charge in [-0.3, -0.25) is 14.9 Å². The SMILES string of the molecule is CC(NS(=O)(=O)c1cccc2nsnc12)C(=O)OCc1cccc([N+](=O)[O-])c1. The van der Waals surface area contributed by atoms with E-state index < -0.39 is 27.0 Å². The summed E-state index contributed by atoms with van der Waals surface area (Å²) in [7, 11) is -4.04. The molecule has 146 valence electrons. The molecule has 1 heterocycles. The molecule has 28 heavy (non-hydrogen) atoms. The molecule has 3 rings (SSSR count). The Hall–Kier alpha value is -2.96. The van der Waals surface area contributed by atoms with E-state index in [2.05, 4.69) is 13.5 Å².